The quantitative estimate of drug-likeness (QED) is 0.405. The summed E-state index contributed by atoms with van der Waals surface area (Å²) >= 11 is 0. The Bertz CT molecular complexity index is 402. The maximum Gasteiger partial charge on any atom is 0.335 e. The molecular weight excluding hydrogens is 236 g/mol. The van der Waals surface area contributed by atoms with Crippen molar-refractivity contribution in [2.45, 2.75) is 32.3 Å². The summed E-state index contributed by atoms with van der Waals surface area (Å²) in [5, 5.41) is 28.0. The van der Waals surface area contributed by atoms with Crippen LogP contribution in [0.4, 0.5) is 0 Å². The minimum atomic E-state index is -1.26. The molecule has 18 heavy (non-hydrogen) atoms. The van der Waals surface area contributed by atoms with Gasteiger partial charge in [0, 0.05) is 6.42 Å². The van der Waals surface area contributed by atoms with Gasteiger partial charge in [-0.05, 0) is 24.1 Å². The largest absolute Gasteiger partial charge is 0.504 e. The fraction of sp³-hybridized carbons (Fsp3) is 0.462. The molecule has 1 aromatic rings. The third-order valence-electron chi connectivity index (χ3n) is 2.48. The smallest absolute Gasteiger partial charge is 0.335 e. The average Bonchev–Trinajstić information content (AvgIpc) is 2.34. The Morgan fingerprint density at radius 3 is 2.67 bits per heavy atom. The Balaban J connectivity index is 2.50. The van der Waals surface area contributed by atoms with Crippen molar-refractivity contribution < 1.29 is 24.9 Å². The van der Waals surface area contributed by atoms with E-state index in [1.54, 1.807) is 0 Å². The van der Waals surface area contributed by atoms with Crippen LogP contribution in [0.25, 0.3) is 0 Å². The topological polar surface area (TPSA) is 87.0 Å². The summed E-state index contributed by atoms with van der Waals surface area (Å²) in [6.07, 6.45) is 0.456. The molecule has 0 radical (unpaired) electrons. The minimum absolute atomic E-state index is 0.0405. The molecule has 0 amide bonds. The number of hydrogen-bond donors (Lipinski definition) is 3. The number of benzene rings is 1. The average molecular weight is 254 g/mol. The lowest BCUT2D eigenvalue weighted by Crippen LogP contribution is -2.25. The van der Waals surface area contributed by atoms with Crippen LogP contribution in [-0.2, 0) is 16.0 Å². The summed E-state index contributed by atoms with van der Waals surface area (Å²) in [5.41, 5.74) is 0.547. The number of rotatable bonds is 6. The number of hydrogen-bond acceptors (Lipinski definition) is 5. The number of unbranched alkanes of at least 4 members (excludes halogenated alkanes) is 1. The molecule has 0 aliphatic carbocycles. The van der Waals surface area contributed by atoms with Crippen LogP contribution in [0.2, 0.25) is 0 Å². The summed E-state index contributed by atoms with van der Waals surface area (Å²) in [6, 6.07) is 4.13. The lowest BCUT2D eigenvalue weighted by Gasteiger charge is -2.11. The van der Waals surface area contributed by atoms with Crippen molar-refractivity contribution in [1.29, 1.82) is 0 Å². The number of carbonyl (C=O) groups is 1. The van der Waals surface area contributed by atoms with Crippen LogP contribution >= 0.6 is 0 Å². The van der Waals surface area contributed by atoms with Crippen LogP contribution in [0.3, 0.4) is 0 Å². The van der Waals surface area contributed by atoms with Crippen LogP contribution in [0.5, 0.6) is 11.5 Å². The molecule has 5 nitrogen and oxygen atoms in total. The van der Waals surface area contributed by atoms with Crippen LogP contribution in [0, 0.1) is 0 Å². The van der Waals surface area contributed by atoms with Crippen molar-refractivity contribution in [2.75, 3.05) is 6.61 Å². The third-order valence-corrected chi connectivity index (χ3v) is 2.48. The lowest BCUT2D eigenvalue weighted by molar-refractivity contribution is -0.153. The molecule has 0 fully saturated rings. The molecule has 0 saturated heterocycles. The van der Waals surface area contributed by atoms with Gasteiger partial charge in [0.15, 0.2) is 17.6 Å². The Morgan fingerprint density at radius 1 is 1.33 bits per heavy atom. The van der Waals surface area contributed by atoms with E-state index in [0.29, 0.717) is 12.2 Å². The van der Waals surface area contributed by atoms with Crippen molar-refractivity contribution in [3.8, 4) is 11.5 Å². The first kappa shape index (κ1) is 14.3. The van der Waals surface area contributed by atoms with Gasteiger partial charge in [-0.2, -0.15) is 0 Å². The molecule has 100 valence electrons. The molecule has 0 aromatic heterocycles. The van der Waals surface area contributed by atoms with Crippen LogP contribution < -0.4 is 0 Å². The van der Waals surface area contributed by atoms with Crippen LogP contribution in [0.15, 0.2) is 18.2 Å². The van der Waals surface area contributed by atoms with E-state index in [2.05, 4.69) is 0 Å². The number of ether oxygens (including phenoxy) is 1. The predicted octanol–water partition coefficient (Wildman–Crippen LogP) is 1.34. The first-order valence-electron chi connectivity index (χ1n) is 5.90. The highest BCUT2D eigenvalue weighted by Gasteiger charge is 2.17. The number of aliphatic hydroxyl groups is 1. The number of phenols is 2. The van der Waals surface area contributed by atoms with E-state index >= 15 is 0 Å². The van der Waals surface area contributed by atoms with Gasteiger partial charge in [0.05, 0.1) is 6.61 Å². The number of aromatic hydroxyl groups is 2. The molecule has 0 spiro atoms. The number of esters is 1. The highest BCUT2D eigenvalue weighted by molar-refractivity contribution is 5.74. The maximum atomic E-state index is 11.4. The summed E-state index contributed by atoms with van der Waals surface area (Å²) in [5.74, 6) is -1.19. The molecule has 1 atom stereocenters. The molecule has 0 heterocycles. The summed E-state index contributed by atoms with van der Waals surface area (Å²) in [6.45, 7) is 2.27. The van der Waals surface area contributed by atoms with Crippen molar-refractivity contribution in [3.63, 3.8) is 0 Å². The zero-order valence-corrected chi connectivity index (χ0v) is 10.3. The molecule has 0 aliphatic rings. The highest BCUT2D eigenvalue weighted by Crippen LogP contribution is 2.25. The molecule has 0 aliphatic heterocycles. The molecule has 5 heteroatoms. The molecule has 1 aromatic carbocycles. The van der Waals surface area contributed by atoms with E-state index in [1.165, 1.54) is 18.2 Å². The van der Waals surface area contributed by atoms with Crippen LogP contribution in [-0.4, -0.2) is 34.0 Å². The molecule has 0 saturated carbocycles. The molecule has 1 rings (SSSR count). The first-order valence-corrected chi connectivity index (χ1v) is 5.90. The van der Waals surface area contributed by atoms with Crippen molar-refractivity contribution in [1.82, 2.24) is 0 Å². The molecule has 1 unspecified atom stereocenters. The molecule has 0 bridgehead atoms. The third kappa shape index (κ3) is 4.25. The fourth-order valence-electron chi connectivity index (χ4n) is 1.42. The SMILES string of the molecule is CCCCOC(=O)C(O)Cc1ccc(O)c(O)c1. The van der Waals surface area contributed by atoms with E-state index in [4.69, 9.17) is 9.84 Å². The van der Waals surface area contributed by atoms with Crippen molar-refractivity contribution in [3.05, 3.63) is 23.8 Å². The minimum Gasteiger partial charge on any atom is -0.504 e. The zero-order valence-electron chi connectivity index (χ0n) is 10.3. The first-order chi connectivity index (χ1) is 8.54. The number of phenolic OH excluding ortho intramolecular Hbond substituents is 2. The van der Waals surface area contributed by atoms with Gasteiger partial charge >= 0.3 is 5.97 Å². The van der Waals surface area contributed by atoms with E-state index in [1.807, 2.05) is 6.92 Å². The van der Waals surface area contributed by atoms with Gasteiger partial charge in [-0.3, -0.25) is 0 Å². The number of carbonyl (C=O) groups excluding carboxylic acids is 1. The number of aliphatic hydroxyl groups excluding tert-OH is 1. The Kier molecular flexibility index (Phi) is 5.45. The van der Waals surface area contributed by atoms with Crippen molar-refractivity contribution in [2.24, 2.45) is 0 Å². The second-order valence-electron chi connectivity index (χ2n) is 4.06. The molecular formula is C13H18O5. The van der Waals surface area contributed by atoms with E-state index in [-0.39, 0.29) is 17.9 Å². The summed E-state index contributed by atoms with van der Waals surface area (Å²) in [7, 11) is 0. The normalized spacial score (nSPS) is 12.1. The zero-order chi connectivity index (χ0) is 13.5. The second kappa shape index (κ2) is 6.86. The van der Waals surface area contributed by atoms with Gasteiger partial charge in [0.25, 0.3) is 0 Å². The van der Waals surface area contributed by atoms with E-state index in [0.717, 1.165) is 12.8 Å². The standard InChI is InChI=1S/C13H18O5/c1-2-3-6-18-13(17)12(16)8-9-4-5-10(14)11(15)7-9/h4-5,7,12,14-16H,2-3,6,8H2,1H3. The lowest BCUT2D eigenvalue weighted by atomic mass is 10.1. The highest BCUT2D eigenvalue weighted by atomic mass is 16.5. The van der Waals surface area contributed by atoms with Gasteiger partial charge in [0.1, 0.15) is 0 Å². The molecule has 3 N–H and O–H groups in total. The monoisotopic (exact) mass is 254 g/mol. The van der Waals surface area contributed by atoms with Gasteiger partial charge in [-0.1, -0.05) is 19.4 Å². The Labute approximate surface area is 106 Å². The van der Waals surface area contributed by atoms with Gasteiger partial charge in [-0.15, -0.1) is 0 Å². The van der Waals surface area contributed by atoms with E-state index < -0.39 is 12.1 Å². The van der Waals surface area contributed by atoms with Gasteiger partial charge in [-0.25, -0.2) is 4.79 Å². The second-order valence-corrected chi connectivity index (χ2v) is 4.06. The Hall–Kier alpha value is -1.75. The van der Waals surface area contributed by atoms with Crippen molar-refractivity contribution >= 4 is 5.97 Å². The Morgan fingerprint density at radius 2 is 2.06 bits per heavy atom. The summed E-state index contributed by atoms with van der Waals surface area (Å²) < 4.78 is 4.87. The summed E-state index contributed by atoms with van der Waals surface area (Å²) in [4.78, 5) is 11.4. The fourth-order valence-corrected chi connectivity index (χ4v) is 1.42. The van der Waals surface area contributed by atoms with E-state index in [9.17, 15) is 15.0 Å². The van der Waals surface area contributed by atoms with Gasteiger partial charge in [0.2, 0.25) is 0 Å². The predicted molar refractivity (Wildman–Crippen MR) is 65.3 cm³/mol. The van der Waals surface area contributed by atoms with Crippen LogP contribution in [0.1, 0.15) is 25.3 Å². The van der Waals surface area contributed by atoms with Gasteiger partial charge < -0.3 is 20.1 Å². The maximum absolute atomic E-state index is 11.4.